The van der Waals surface area contributed by atoms with E-state index in [1.807, 2.05) is 0 Å². The first kappa shape index (κ1) is 15.3. The van der Waals surface area contributed by atoms with Crippen LogP contribution >= 0.6 is 12.2 Å². The minimum atomic E-state index is 0.417. The lowest BCUT2D eigenvalue weighted by Crippen LogP contribution is -3.13. The van der Waals surface area contributed by atoms with Gasteiger partial charge in [-0.05, 0) is 33.0 Å². The van der Waals surface area contributed by atoms with E-state index in [-0.39, 0.29) is 0 Å². The third-order valence-electron chi connectivity index (χ3n) is 3.71. The van der Waals surface area contributed by atoms with Crippen LogP contribution in [0.3, 0.4) is 0 Å². The number of rotatable bonds is 3. The summed E-state index contributed by atoms with van der Waals surface area (Å²) >= 11 is 5.44. The van der Waals surface area contributed by atoms with Gasteiger partial charge in [-0.1, -0.05) is 29.8 Å². The van der Waals surface area contributed by atoms with Crippen LogP contribution in [0.2, 0.25) is 0 Å². The number of benzene rings is 1. The predicted octanol–water partition coefficient (Wildman–Crippen LogP) is 0.978. The van der Waals surface area contributed by atoms with Crippen molar-refractivity contribution in [2.45, 2.75) is 33.4 Å². The first-order chi connectivity index (χ1) is 9.54. The van der Waals surface area contributed by atoms with E-state index in [2.05, 4.69) is 55.3 Å². The van der Waals surface area contributed by atoms with Gasteiger partial charge in [-0.3, -0.25) is 0 Å². The number of nitrogens with zero attached hydrogens (tertiary/aromatic N) is 1. The lowest BCUT2D eigenvalue weighted by molar-refractivity contribution is -0.917. The third kappa shape index (κ3) is 4.46. The van der Waals surface area contributed by atoms with Crippen molar-refractivity contribution >= 4 is 17.3 Å². The van der Waals surface area contributed by atoms with E-state index in [4.69, 9.17) is 12.2 Å². The smallest absolute Gasteiger partial charge is 0.169 e. The van der Waals surface area contributed by atoms with Crippen molar-refractivity contribution in [3.8, 4) is 0 Å². The molecule has 1 aromatic rings. The summed E-state index contributed by atoms with van der Waals surface area (Å²) in [6.07, 6.45) is 0. The van der Waals surface area contributed by atoms with Gasteiger partial charge in [0.15, 0.2) is 5.11 Å². The number of piperazine rings is 1. The fourth-order valence-electron chi connectivity index (χ4n) is 2.65. The average molecular weight is 292 g/mol. The second-order valence-corrected chi connectivity index (χ2v) is 6.39. The molecule has 0 bridgehead atoms. The summed E-state index contributed by atoms with van der Waals surface area (Å²) in [6, 6.07) is 9.26. The summed E-state index contributed by atoms with van der Waals surface area (Å²) in [4.78, 5) is 3.95. The molecule has 1 aliphatic rings. The Hall–Kier alpha value is -1.13. The Morgan fingerprint density at radius 2 is 2.05 bits per heavy atom. The summed E-state index contributed by atoms with van der Waals surface area (Å²) in [5.41, 5.74) is 2.79. The zero-order chi connectivity index (χ0) is 14.5. The number of thiocarbonyl (C=S) groups is 1. The lowest BCUT2D eigenvalue weighted by atomic mass is 10.1. The molecule has 1 fully saturated rings. The second kappa shape index (κ2) is 7.04. The molecule has 1 aromatic carbocycles. The molecule has 1 aliphatic heterocycles. The molecule has 2 rings (SSSR count). The van der Waals surface area contributed by atoms with Gasteiger partial charge in [0, 0.05) is 11.6 Å². The quantitative estimate of drug-likeness (QED) is 0.810. The molecule has 1 saturated heterocycles. The number of aryl methyl sites for hydroxylation is 1. The van der Waals surface area contributed by atoms with Crippen LogP contribution in [0.15, 0.2) is 24.3 Å². The van der Waals surface area contributed by atoms with Gasteiger partial charge < -0.3 is 15.1 Å². The van der Waals surface area contributed by atoms with Crippen molar-refractivity contribution in [1.82, 2.24) is 10.2 Å². The highest BCUT2D eigenvalue weighted by molar-refractivity contribution is 7.80. The van der Waals surface area contributed by atoms with Gasteiger partial charge in [0.25, 0.3) is 0 Å². The fourth-order valence-corrected chi connectivity index (χ4v) is 3.07. The summed E-state index contributed by atoms with van der Waals surface area (Å²) < 4.78 is 0. The van der Waals surface area contributed by atoms with Crippen LogP contribution < -0.4 is 10.2 Å². The van der Waals surface area contributed by atoms with Gasteiger partial charge in [-0.2, -0.15) is 0 Å². The summed E-state index contributed by atoms with van der Waals surface area (Å²) in [7, 11) is 0. The first-order valence-corrected chi connectivity index (χ1v) is 7.90. The van der Waals surface area contributed by atoms with Crippen LogP contribution in [-0.2, 0) is 6.54 Å². The molecule has 0 aromatic heterocycles. The molecule has 20 heavy (non-hydrogen) atoms. The lowest BCUT2D eigenvalue weighted by Gasteiger charge is -2.34. The molecule has 1 heterocycles. The minimum absolute atomic E-state index is 0.417. The van der Waals surface area contributed by atoms with E-state index in [1.54, 1.807) is 4.90 Å². The maximum Gasteiger partial charge on any atom is 0.169 e. The van der Waals surface area contributed by atoms with E-state index in [0.717, 1.165) is 37.8 Å². The van der Waals surface area contributed by atoms with Gasteiger partial charge in [-0.15, -0.1) is 0 Å². The van der Waals surface area contributed by atoms with Gasteiger partial charge in [0.2, 0.25) is 0 Å². The number of nitrogens with one attached hydrogen (secondary N) is 2. The van der Waals surface area contributed by atoms with E-state index >= 15 is 0 Å². The van der Waals surface area contributed by atoms with Gasteiger partial charge >= 0.3 is 0 Å². The minimum Gasteiger partial charge on any atom is -0.360 e. The standard InChI is InChI=1S/C16H25N3S/c1-13(2)17-16(20)19-9-7-18(8-10-19)12-15-6-4-5-14(3)11-15/h4-6,11,13H,7-10,12H2,1-3H3,(H,17,20)/p+1. The molecule has 3 nitrogen and oxygen atoms in total. The van der Waals surface area contributed by atoms with Gasteiger partial charge in [0.1, 0.15) is 6.54 Å². The Morgan fingerprint density at radius 1 is 1.35 bits per heavy atom. The Morgan fingerprint density at radius 3 is 2.65 bits per heavy atom. The van der Waals surface area contributed by atoms with Crippen LogP contribution in [0.25, 0.3) is 0 Å². The van der Waals surface area contributed by atoms with Crippen molar-refractivity contribution in [2.75, 3.05) is 26.2 Å². The summed E-state index contributed by atoms with van der Waals surface area (Å²) in [5, 5.41) is 4.24. The van der Waals surface area contributed by atoms with Crippen molar-refractivity contribution in [3.63, 3.8) is 0 Å². The van der Waals surface area contributed by atoms with Crippen molar-refractivity contribution in [3.05, 3.63) is 35.4 Å². The van der Waals surface area contributed by atoms with Crippen LogP contribution in [-0.4, -0.2) is 42.2 Å². The van der Waals surface area contributed by atoms with Crippen molar-refractivity contribution in [1.29, 1.82) is 0 Å². The number of quaternary nitrogens is 1. The molecule has 110 valence electrons. The third-order valence-corrected chi connectivity index (χ3v) is 4.08. The molecule has 0 aliphatic carbocycles. The van der Waals surface area contributed by atoms with E-state index < -0.39 is 0 Å². The van der Waals surface area contributed by atoms with Crippen molar-refractivity contribution < 1.29 is 4.90 Å². The molecular weight excluding hydrogens is 266 g/mol. The number of hydrogen-bond donors (Lipinski definition) is 2. The van der Waals surface area contributed by atoms with Crippen LogP contribution in [0, 0.1) is 6.92 Å². The Labute approximate surface area is 128 Å². The molecule has 2 N–H and O–H groups in total. The molecule has 4 heteroatoms. The Balaban J connectivity index is 1.81. The molecule has 0 amide bonds. The fraction of sp³-hybridized carbons (Fsp3) is 0.562. The monoisotopic (exact) mass is 292 g/mol. The molecular formula is C16H26N3S+. The average Bonchev–Trinajstić information content (AvgIpc) is 2.38. The first-order valence-electron chi connectivity index (χ1n) is 7.49. The maximum absolute atomic E-state index is 5.44. The molecule has 0 atom stereocenters. The normalized spacial score (nSPS) is 16.5. The highest BCUT2D eigenvalue weighted by Gasteiger charge is 2.21. The van der Waals surface area contributed by atoms with Crippen molar-refractivity contribution in [2.24, 2.45) is 0 Å². The summed E-state index contributed by atoms with van der Waals surface area (Å²) in [5.74, 6) is 0. The Kier molecular flexibility index (Phi) is 5.38. The topological polar surface area (TPSA) is 19.7 Å². The maximum atomic E-state index is 5.44. The molecule has 0 unspecified atom stereocenters. The SMILES string of the molecule is Cc1cccc(C[NH+]2CCN(C(=S)NC(C)C)CC2)c1. The van der Waals surface area contributed by atoms with E-state index in [1.165, 1.54) is 11.1 Å². The highest BCUT2D eigenvalue weighted by Crippen LogP contribution is 2.02. The molecule has 0 saturated carbocycles. The van der Waals surface area contributed by atoms with E-state index in [9.17, 15) is 0 Å². The highest BCUT2D eigenvalue weighted by atomic mass is 32.1. The van der Waals surface area contributed by atoms with E-state index in [0.29, 0.717) is 6.04 Å². The van der Waals surface area contributed by atoms with Crippen LogP contribution in [0.5, 0.6) is 0 Å². The summed E-state index contributed by atoms with van der Waals surface area (Å²) in [6.45, 7) is 12.0. The van der Waals surface area contributed by atoms with Crippen LogP contribution in [0.4, 0.5) is 0 Å². The zero-order valence-corrected chi connectivity index (χ0v) is 13.6. The van der Waals surface area contributed by atoms with Gasteiger partial charge in [0.05, 0.1) is 26.2 Å². The predicted molar refractivity (Wildman–Crippen MR) is 88.0 cm³/mol. The molecule has 0 radical (unpaired) electrons. The van der Waals surface area contributed by atoms with Gasteiger partial charge in [-0.25, -0.2) is 0 Å². The van der Waals surface area contributed by atoms with Crippen LogP contribution in [0.1, 0.15) is 25.0 Å². The molecule has 0 spiro atoms. The zero-order valence-electron chi connectivity index (χ0n) is 12.8. The second-order valence-electron chi connectivity index (χ2n) is 6.01. The Bertz CT molecular complexity index is 451. The number of hydrogen-bond acceptors (Lipinski definition) is 1. The largest absolute Gasteiger partial charge is 0.360 e.